The van der Waals surface area contributed by atoms with E-state index >= 15 is 0 Å². The van der Waals surface area contributed by atoms with Crippen molar-refractivity contribution in [3.63, 3.8) is 0 Å². The molecule has 0 spiro atoms. The van der Waals surface area contributed by atoms with Crippen LogP contribution in [0.5, 0.6) is 0 Å². The molecule has 4 N–H and O–H groups in total. The minimum Gasteiger partial charge on any atom is -0.370 e. The van der Waals surface area contributed by atoms with Gasteiger partial charge in [-0.1, -0.05) is 0 Å². The number of carbonyl (C=O) groups excluding carboxylic acids is 2. The van der Waals surface area contributed by atoms with Gasteiger partial charge < -0.3 is 16.4 Å². The first kappa shape index (κ1) is 10.8. The quantitative estimate of drug-likeness (QED) is 0.600. The molecule has 0 aromatic carbocycles. The Kier molecular flexibility index (Phi) is 2.98. The van der Waals surface area contributed by atoms with Crippen LogP contribution in [0, 0.1) is 0 Å². The molecule has 0 unspecified atom stereocenters. The van der Waals surface area contributed by atoms with Crippen LogP contribution in [-0.4, -0.2) is 23.5 Å². The first-order valence-corrected chi connectivity index (χ1v) is 4.76. The minimum absolute atomic E-state index is 0.144. The lowest BCUT2D eigenvalue weighted by Gasteiger charge is -2.24. The number of amides is 3. The molecule has 3 amide bonds. The van der Waals surface area contributed by atoms with E-state index in [2.05, 4.69) is 10.6 Å². The fraction of sp³-hybridized carbons (Fsp3) is 0.778. The lowest BCUT2D eigenvalue weighted by Crippen LogP contribution is -2.50. The molecular formula is C9H17N3O2. The summed E-state index contributed by atoms with van der Waals surface area (Å²) in [5, 5.41) is 5.49. The van der Waals surface area contributed by atoms with Gasteiger partial charge in [0.2, 0.25) is 5.91 Å². The van der Waals surface area contributed by atoms with Gasteiger partial charge >= 0.3 is 6.03 Å². The van der Waals surface area contributed by atoms with E-state index in [4.69, 9.17) is 5.73 Å². The smallest absolute Gasteiger partial charge is 0.315 e. The van der Waals surface area contributed by atoms with Crippen LogP contribution in [0.4, 0.5) is 4.79 Å². The highest BCUT2D eigenvalue weighted by Gasteiger charge is 2.27. The Bertz CT molecular complexity index is 246. The van der Waals surface area contributed by atoms with Crippen molar-refractivity contribution < 1.29 is 9.59 Å². The van der Waals surface area contributed by atoms with Gasteiger partial charge in [0.25, 0.3) is 0 Å². The molecule has 80 valence electrons. The van der Waals surface area contributed by atoms with Gasteiger partial charge in [-0.25, -0.2) is 4.79 Å². The molecule has 0 saturated heterocycles. The van der Waals surface area contributed by atoms with Gasteiger partial charge in [0, 0.05) is 18.0 Å². The van der Waals surface area contributed by atoms with Crippen LogP contribution >= 0.6 is 0 Å². The Labute approximate surface area is 83.4 Å². The van der Waals surface area contributed by atoms with E-state index in [-0.39, 0.29) is 12.5 Å². The average molecular weight is 199 g/mol. The number of carbonyl (C=O) groups is 2. The lowest BCUT2D eigenvalue weighted by molar-refractivity contribution is -0.119. The number of hydrogen-bond donors (Lipinski definition) is 3. The van der Waals surface area contributed by atoms with Crippen LogP contribution in [-0.2, 0) is 4.79 Å². The van der Waals surface area contributed by atoms with E-state index in [0.29, 0.717) is 6.04 Å². The van der Waals surface area contributed by atoms with Crippen molar-refractivity contribution in [2.24, 2.45) is 5.73 Å². The summed E-state index contributed by atoms with van der Waals surface area (Å²) >= 11 is 0. The first-order chi connectivity index (χ1) is 6.39. The van der Waals surface area contributed by atoms with Crippen molar-refractivity contribution in [2.75, 3.05) is 0 Å². The second-order valence-electron chi connectivity index (χ2n) is 4.40. The molecule has 1 rings (SSSR count). The topological polar surface area (TPSA) is 84.2 Å². The summed E-state index contributed by atoms with van der Waals surface area (Å²) in [5.41, 5.74) is 4.48. The fourth-order valence-electron chi connectivity index (χ4n) is 1.24. The summed E-state index contributed by atoms with van der Waals surface area (Å²) in [6, 6.07) is 0.0955. The summed E-state index contributed by atoms with van der Waals surface area (Å²) in [4.78, 5) is 22.0. The Balaban J connectivity index is 2.31. The second kappa shape index (κ2) is 3.86. The highest BCUT2D eigenvalue weighted by molar-refractivity contribution is 5.79. The summed E-state index contributed by atoms with van der Waals surface area (Å²) in [7, 11) is 0. The fourth-order valence-corrected chi connectivity index (χ4v) is 1.24. The average Bonchev–Trinajstić information content (AvgIpc) is 2.64. The number of nitrogens with two attached hydrogens (primary N) is 1. The highest BCUT2D eigenvalue weighted by Crippen LogP contribution is 2.18. The molecule has 0 aliphatic heterocycles. The summed E-state index contributed by atoms with van der Waals surface area (Å²) in [5.74, 6) is -0.415. The third-order valence-corrected chi connectivity index (χ3v) is 1.98. The molecule has 0 bridgehead atoms. The lowest BCUT2D eigenvalue weighted by atomic mass is 10.0. The normalized spacial score (nSPS) is 16.1. The molecule has 1 fully saturated rings. The van der Waals surface area contributed by atoms with Crippen LogP contribution in [0.2, 0.25) is 0 Å². The monoisotopic (exact) mass is 199 g/mol. The van der Waals surface area contributed by atoms with Crippen molar-refractivity contribution in [1.29, 1.82) is 0 Å². The maximum Gasteiger partial charge on any atom is 0.315 e. The van der Waals surface area contributed by atoms with Gasteiger partial charge in [-0.15, -0.1) is 0 Å². The van der Waals surface area contributed by atoms with Crippen molar-refractivity contribution in [2.45, 2.75) is 44.7 Å². The van der Waals surface area contributed by atoms with Crippen molar-refractivity contribution in [3.05, 3.63) is 0 Å². The minimum atomic E-state index is -0.579. The number of rotatable bonds is 4. The van der Waals surface area contributed by atoms with E-state index in [1.807, 2.05) is 0 Å². The molecule has 5 nitrogen and oxygen atoms in total. The van der Waals surface area contributed by atoms with Gasteiger partial charge in [-0.2, -0.15) is 0 Å². The molecule has 0 radical (unpaired) electrons. The largest absolute Gasteiger partial charge is 0.370 e. The molecule has 0 heterocycles. The molecule has 1 aliphatic carbocycles. The van der Waals surface area contributed by atoms with Crippen LogP contribution in [0.1, 0.15) is 33.1 Å². The molecule has 1 saturated carbocycles. The van der Waals surface area contributed by atoms with Crippen molar-refractivity contribution in [3.8, 4) is 0 Å². The zero-order valence-electron chi connectivity index (χ0n) is 8.59. The number of nitrogens with one attached hydrogen (secondary N) is 2. The van der Waals surface area contributed by atoms with Gasteiger partial charge in [-0.3, -0.25) is 4.79 Å². The Morgan fingerprint density at radius 3 is 2.43 bits per heavy atom. The molecule has 0 aromatic heterocycles. The zero-order valence-corrected chi connectivity index (χ0v) is 8.59. The maximum atomic E-state index is 11.3. The predicted molar refractivity (Wildman–Crippen MR) is 52.6 cm³/mol. The second-order valence-corrected chi connectivity index (χ2v) is 4.40. The Morgan fingerprint density at radius 1 is 1.43 bits per heavy atom. The van der Waals surface area contributed by atoms with E-state index in [0.717, 1.165) is 12.8 Å². The molecular weight excluding hydrogens is 182 g/mol. The van der Waals surface area contributed by atoms with E-state index in [1.54, 1.807) is 13.8 Å². The molecule has 14 heavy (non-hydrogen) atoms. The van der Waals surface area contributed by atoms with E-state index in [9.17, 15) is 9.59 Å². The third kappa shape index (κ3) is 4.11. The third-order valence-electron chi connectivity index (χ3n) is 1.98. The number of urea groups is 1. The molecule has 0 atom stereocenters. The molecule has 1 aliphatic rings. The molecule has 5 heteroatoms. The number of hydrogen-bond acceptors (Lipinski definition) is 2. The van der Waals surface area contributed by atoms with Gasteiger partial charge in [0.05, 0.1) is 0 Å². The highest BCUT2D eigenvalue weighted by atomic mass is 16.2. The Hall–Kier alpha value is -1.26. The SMILES string of the molecule is CC(C)(CC(N)=O)NC(=O)NC1CC1. The summed E-state index contributed by atoms with van der Waals surface area (Å²) in [6.45, 7) is 3.54. The van der Waals surface area contributed by atoms with Crippen LogP contribution in [0.3, 0.4) is 0 Å². The van der Waals surface area contributed by atoms with Gasteiger partial charge in [0.15, 0.2) is 0 Å². The van der Waals surface area contributed by atoms with E-state index < -0.39 is 11.4 Å². The molecule has 0 aromatic rings. The zero-order chi connectivity index (χ0) is 10.8. The summed E-state index contributed by atoms with van der Waals surface area (Å²) < 4.78 is 0. The summed E-state index contributed by atoms with van der Waals surface area (Å²) in [6.07, 6.45) is 2.23. The van der Waals surface area contributed by atoms with Gasteiger partial charge in [-0.05, 0) is 26.7 Å². The maximum absolute atomic E-state index is 11.3. The standard InChI is InChI=1S/C9H17N3O2/c1-9(2,5-7(10)13)12-8(14)11-6-3-4-6/h6H,3-5H2,1-2H3,(H2,10,13)(H2,11,12,14). The van der Waals surface area contributed by atoms with Crippen LogP contribution in [0.15, 0.2) is 0 Å². The predicted octanol–water partition coefficient (Wildman–Crippen LogP) is 0.102. The van der Waals surface area contributed by atoms with E-state index in [1.165, 1.54) is 0 Å². The van der Waals surface area contributed by atoms with Crippen molar-refractivity contribution >= 4 is 11.9 Å². The Morgan fingerprint density at radius 2 is 2.00 bits per heavy atom. The van der Waals surface area contributed by atoms with Crippen molar-refractivity contribution in [1.82, 2.24) is 10.6 Å². The van der Waals surface area contributed by atoms with Gasteiger partial charge in [0.1, 0.15) is 0 Å². The van der Waals surface area contributed by atoms with Crippen LogP contribution in [0.25, 0.3) is 0 Å². The first-order valence-electron chi connectivity index (χ1n) is 4.76. The van der Waals surface area contributed by atoms with Crippen LogP contribution < -0.4 is 16.4 Å². The number of primary amides is 1.